The number of aliphatic hydroxyl groups is 1. The smallest absolute Gasteiger partial charge is 0.119 e. The standard InChI is InChI=1S/C17H21N3O2/c1-13(2)17-19-9-10-20(17)11-15(21)12-22-16-5-3-14(4-6-16)7-8-18/h3-6,9-10,13,15,21H,7,11-12H2,1-2H3. The number of nitrogens with zero attached hydrogens (tertiary/aromatic N) is 3. The van der Waals surface area contributed by atoms with Gasteiger partial charge in [0, 0.05) is 18.3 Å². The van der Waals surface area contributed by atoms with E-state index in [1.165, 1.54) is 0 Å². The zero-order chi connectivity index (χ0) is 15.9. The average molecular weight is 299 g/mol. The number of ether oxygens (including phenoxy) is 1. The molecule has 116 valence electrons. The summed E-state index contributed by atoms with van der Waals surface area (Å²) in [5.74, 6) is 1.96. The molecule has 0 fully saturated rings. The van der Waals surface area contributed by atoms with Gasteiger partial charge in [0.1, 0.15) is 24.3 Å². The van der Waals surface area contributed by atoms with E-state index in [1.807, 2.05) is 35.0 Å². The summed E-state index contributed by atoms with van der Waals surface area (Å²) in [4.78, 5) is 4.30. The zero-order valence-electron chi connectivity index (χ0n) is 12.9. The highest BCUT2D eigenvalue weighted by Crippen LogP contribution is 2.14. The Balaban J connectivity index is 1.86. The molecule has 0 spiro atoms. The van der Waals surface area contributed by atoms with Crippen molar-refractivity contribution in [2.45, 2.75) is 38.8 Å². The van der Waals surface area contributed by atoms with Crippen LogP contribution in [0.5, 0.6) is 5.75 Å². The van der Waals surface area contributed by atoms with Crippen LogP contribution < -0.4 is 4.74 Å². The molecule has 2 rings (SSSR count). The van der Waals surface area contributed by atoms with Crippen LogP contribution in [0.15, 0.2) is 36.7 Å². The van der Waals surface area contributed by atoms with Crippen molar-refractivity contribution in [3.63, 3.8) is 0 Å². The van der Waals surface area contributed by atoms with Gasteiger partial charge < -0.3 is 14.4 Å². The van der Waals surface area contributed by atoms with Crippen molar-refractivity contribution in [1.29, 1.82) is 5.26 Å². The lowest BCUT2D eigenvalue weighted by atomic mass is 10.2. The van der Waals surface area contributed by atoms with Gasteiger partial charge in [-0.15, -0.1) is 0 Å². The predicted molar refractivity (Wildman–Crippen MR) is 83.6 cm³/mol. The Labute approximate surface area is 130 Å². The normalized spacial score (nSPS) is 12.1. The second-order valence-electron chi connectivity index (χ2n) is 5.54. The summed E-state index contributed by atoms with van der Waals surface area (Å²) < 4.78 is 7.54. The van der Waals surface area contributed by atoms with Gasteiger partial charge in [0.25, 0.3) is 0 Å². The molecule has 1 N–H and O–H groups in total. The topological polar surface area (TPSA) is 71.1 Å². The van der Waals surface area contributed by atoms with E-state index < -0.39 is 6.10 Å². The monoisotopic (exact) mass is 299 g/mol. The van der Waals surface area contributed by atoms with Gasteiger partial charge >= 0.3 is 0 Å². The summed E-state index contributed by atoms with van der Waals surface area (Å²) >= 11 is 0. The Morgan fingerprint density at radius 2 is 2.05 bits per heavy atom. The lowest BCUT2D eigenvalue weighted by molar-refractivity contribution is 0.0915. The molecule has 2 aromatic rings. The highest BCUT2D eigenvalue weighted by Gasteiger charge is 2.12. The van der Waals surface area contributed by atoms with E-state index in [4.69, 9.17) is 10.00 Å². The number of hydrogen-bond donors (Lipinski definition) is 1. The first kappa shape index (κ1) is 16.1. The molecular weight excluding hydrogens is 278 g/mol. The van der Waals surface area contributed by atoms with Crippen LogP contribution >= 0.6 is 0 Å². The molecule has 22 heavy (non-hydrogen) atoms. The molecule has 1 atom stereocenters. The number of rotatable bonds is 7. The minimum Gasteiger partial charge on any atom is -0.491 e. The van der Waals surface area contributed by atoms with Crippen LogP contribution in [0.2, 0.25) is 0 Å². The summed E-state index contributed by atoms with van der Waals surface area (Å²) in [7, 11) is 0. The quantitative estimate of drug-likeness (QED) is 0.852. The van der Waals surface area contributed by atoms with E-state index in [2.05, 4.69) is 24.9 Å². The number of imidazole rings is 1. The molecule has 0 amide bonds. The lowest BCUT2D eigenvalue weighted by Gasteiger charge is -2.16. The van der Waals surface area contributed by atoms with Crippen LogP contribution in [0.25, 0.3) is 0 Å². The van der Waals surface area contributed by atoms with Gasteiger partial charge in [-0.2, -0.15) is 5.26 Å². The van der Waals surface area contributed by atoms with Crippen LogP contribution in [0.3, 0.4) is 0 Å². The fourth-order valence-corrected chi connectivity index (χ4v) is 2.24. The number of nitriles is 1. The second-order valence-corrected chi connectivity index (χ2v) is 5.54. The lowest BCUT2D eigenvalue weighted by Crippen LogP contribution is -2.24. The molecular formula is C17H21N3O2. The number of hydrogen-bond acceptors (Lipinski definition) is 4. The summed E-state index contributed by atoms with van der Waals surface area (Å²) in [6, 6.07) is 9.45. The third kappa shape index (κ3) is 4.34. The maximum atomic E-state index is 10.1. The Bertz CT molecular complexity index is 626. The molecule has 1 unspecified atom stereocenters. The molecule has 1 heterocycles. The predicted octanol–water partition coefficient (Wildman–Crippen LogP) is 2.51. The first-order chi connectivity index (χ1) is 10.6. The largest absolute Gasteiger partial charge is 0.491 e. The molecule has 0 aliphatic heterocycles. The first-order valence-corrected chi connectivity index (χ1v) is 7.38. The Morgan fingerprint density at radius 3 is 2.68 bits per heavy atom. The van der Waals surface area contributed by atoms with E-state index in [0.717, 1.165) is 11.4 Å². The number of aromatic nitrogens is 2. The minimum atomic E-state index is -0.606. The van der Waals surface area contributed by atoms with Gasteiger partial charge in [0.05, 0.1) is 19.0 Å². The van der Waals surface area contributed by atoms with Crippen molar-refractivity contribution in [2.24, 2.45) is 0 Å². The third-order valence-corrected chi connectivity index (χ3v) is 3.32. The maximum Gasteiger partial charge on any atom is 0.119 e. The van der Waals surface area contributed by atoms with Crippen LogP contribution in [-0.4, -0.2) is 27.4 Å². The maximum absolute atomic E-state index is 10.1. The fourth-order valence-electron chi connectivity index (χ4n) is 2.24. The Morgan fingerprint density at radius 1 is 1.32 bits per heavy atom. The van der Waals surface area contributed by atoms with Gasteiger partial charge in [0.2, 0.25) is 0 Å². The van der Waals surface area contributed by atoms with E-state index in [0.29, 0.717) is 24.6 Å². The molecule has 1 aromatic heterocycles. The first-order valence-electron chi connectivity index (χ1n) is 7.38. The van der Waals surface area contributed by atoms with E-state index in [-0.39, 0.29) is 6.61 Å². The second kappa shape index (κ2) is 7.62. The Kier molecular flexibility index (Phi) is 5.56. The van der Waals surface area contributed by atoms with Crippen molar-refractivity contribution in [1.82, 2.24) is 9.55 Å². The van der Waals surface area contributed by atoms with Crippen molar-refractivity contribution in [3.8, 4) is 11.8 Å². The van der Waals surface area contributed by atoms with Crippen molar-refractivity contribution in [2.75, 3.05) is 6.61 Å². The molecule has 0 bridgehead atoms. The van der Waals surface area contributed by atoms with Gasteiger partial charge in [-0.25, -0.2) is 4.98 Å². The zero-order valence-corrected chi connectivity index (χ0v) is 12.9. The molecule has 0 radical (unpaired) electrons. The summed E-state index contributed by atoms with van der Waals surface area (Å²) in [6.07, 6.45) is 3.40. The molecule has 5 heteroatoms. The summed E-state index contributed by atoms with van der Waals surface area (Å²) in [5.41, 5.74) is 0.954. The van der Waals surface area contributed by atoms with Gasteiger partial charge in [-0.3, -0.25) is 0 Å². The van der Waals surface area contributed by atoms with Crippen LogP contribution in [0.4, 0.5) is 0 Å². The number of aliphatic hydroxyl groups excluding tert-OH is 1. The van der Waals surface area contributed by atoms with Crippen LogP contribution in [0.1, 0.15) is 31.2 Å². The minimum absolute atomic E-state index is 0.216. The molecule has 0 saturated carbocycles. The average Bonchev–Trinajstić information content (AvgIpc) is 2.95. The highest BCUT2D eigenvalue weighted by atomic mass is 16.5. The number of benzene rings is 1. The van der Waals surface area contributed by atoms with E-state index in [9.17, 15) is 5.11 Å². The fraction of sp³-hybridized carbons (Fsp3) is 0.412. The van der Waals surface area contributed by atoms with Crippen LogP contribution in [-0.2, 0) is 13.0 Å². The van der Waals surface area contributed by atoms with E-state index in [1.54, 1.807) is 6.20 Å². The molecule has 0 saturated heterocycles. The molecule has 0 aliphatic carbocycles. The summed E-state index contributed by atoms with van der Waals surface area (Å²) in [6.45, 7) is 4.82. The van der Waals surface area contributed by atoms with E-state index >= 15 is 0 Å². The molecule has 5 nitrogen and oxygen atoms in total. The summed E-state index contributed by atoms with van der Waals surface area (Å²) in [5, 5.41) is 18.7. The van der Waals surface area contributed by atoms with Gasteiger partial charge in [-0.05, 0) is 17.7 Å². The molecule has 1 aromatic carbocycles. The van der Waals surface area contributed by atoms with Crippen molar-refractivity contribution >= 4 is 0 Å². The van der Waals surface area contributed by atoms with Gasteiger partial charge in [-0.1, -0.05) is 26.0 Å². The van der Waals surface area contributed by atoms with Crippen molar-refractivity contribution in [3.05, 3.63) is 48.0 Å². The molecule has 0 aliphatic rings. The SMILES string of the molecule is CC(C)c1nccn1CC(O)COc1ccc(CC#N)cc1. The third-order valence-electron chi connectivity index (χ3n) is 3.32. The van der Waals surface area contributed by atoms with Crippen LogP contribution in [0, 0.1) is 11.3 Å². The van der Waals surface area contributed by atoms with Gasteiger partial charge in [0.15, 0.2) is 0 Å². The Hall–Kier alpha value is -2.32. The van der Waals surface area contributed by atoms with Crippen molar-refractivity contribution < 1.29 is 9.84 Å². The highest BCUT2D eigenvalue weighted by molar-refractivity contribution is 5.28.